The minimum absolute atomic E-state index is 0.252. The molecule has 114 valence electrons. The molecule has 0 aliphatic heterocycles. The van der Waals surface area contributed by atoms with Gasteiger partial charge >= 0.3 is 0 Å². The zero-order valence-electron chi connectivity index (χ0n) is 13.2. The van der Waals surface area contributed by atoms with Crippen molar-refractivity contribution in [1.29, 1.82) is 0 Å². The highest BCUT2D eigenvalue weighted by Crippen LogP contribution is 2.31. The van der Waals surface area contributed by atoms with Crippen LogP contribution in [0.3, 0.4) is 0 Å². The summed E-state index contributed by atoms with van der Waals surface area (Å²) in [5.74, 6) is 1.18. The third-order valence-electron chi connectivity index (χ3n) is 3.81. The molecule has 3 aromatic rings. The predicted molar refractivity (Wildman–Crippen MR) is 89.5 cm³/mol. The van der Waals surface area contributed by atoms with Crippen LogP contribution in [0, 0.1) is 6.92 Å². The summed E-state index contributed by atoms with van der Waals surface area (Å²) in [5, 5.41) is 11.2. The van der Waals surface area contributed by atoms with Gasteiger partial charge in [0.25, 0.3) is 0 Å². The molecule has 1 N–H and O–H groups in total. The Labute approximate surface area is 130 Å². The lowest BCUT2D eigenvalue weighted by Crippen LogP contribution is -2.08. The number of hydrogen-bond donors (Lipinski definition) is 1. The molecule has 1 aromatic heterocycles. The number of nitrogens with zero attached hydrogens (tertiary/aromatic N) is 1. The highest BCUT2D eigenvalue weighted by atomic mass is 16.5. The van der Waals surface area contributed by atoms with Gasteiger partial charge in [0.1, 0.15) is 18.1 Å². The Bertz CT molecular complexity index is 802. The van der Waals surface area contributed by atoms with Gasteiger partial charge in [-0.05, 0) is 50.6 Å². The number of aromatic hydroxyl groups is 1. The van der Waals surface area contributed by atoms with Crippen LogP contribution in [0.15, 0.2) is 48.5 Å². The highest BCUT2D eigenvalue weighted by molar-refractivity contribution is 5.86. The van der Waals surface area contributed by atoms with Crippen LogP contribution in [0.1, 0.15) is 31.1 Å². The van der Waals surface area contributed by atoms with Gasteiger partial charge in [0, 0.05) is 11.4 Å². The minimum Gasteiger partial charge on any atom is -0.506 e. The Hall–Kier alpha value is -2.42. The number of aromatic nitrogens is 1. The van der Waals surface area contributed by atoms with Crippen molar-refractivity contribution in [3.63, 3.8) is 0 Å². The molecule has 2 aromatic carbocycles. The topological polar surface area (TPSA) is 34.4 Å². The van der Waals surface area contributed by atoms with Gasteiger partial charge < -0.3 is 14.4 Å². The molecule has 0 atom stereocenters. The maximum atomic E-state index is 10.2. The van der Waals surface area contributed by atoms with Crippen LogP contribution in [0.2, 0.25) is 0 Å². The Morgan fingerprint density at radius 3 is 2.59 bits per heavy atom. The molecular weight excluding hydrogens is 274 g/mol. The third kappa shape index (κ3) is 2.67. The number of phenolic OH excluding ortho intramolecular Hbond substituents is 1. The molecule has 0 unspecified atom stereocenters. The van der Waals surface area contributed by atoms with Gasteiger partial charge in [0.2, 0.25) is 0 Å². The summed E-state index contributed by atoms with van der Waals surface area (Å²) in [4.78, 5) is 0. The molecular formula is C19H21NO2. The second-order valence-corrected chi connectivity index (χ2v) is 5.92. The maximum absolute atomic E-state index is 10.2. The van der Waals surface area contributed by atoms with Gasteiger partial charge in [0.05, 0.1) is 11.2 Å². The monoisotopic (exact) mass is 295 g/mol. The maximum Gasteiger partial charge on any atom is 0.139 e. The summed E-state index contributed by atoms with van der Waals surface area (Å²) in [7, 11) is 0. The molecule has 0 aliphatic carbocycles. The molecule has 0 fully saturated rings. The van der Waals surface area contributed by atoms with E-state index in [0.717, 1.165) is 22.3 Å². The van der Waals surface area contributed by atoms with Crippen molar-refractivity contribution in [3.8, 4) is 11.5 Å². The average Bonchev–Trinajstić information content (AvgIpc) is 2.85. The van der Waals surface area contributed by atoms with Gasteiger partial charge in [-0.3, -0.25) is 0 Å². The second kappa shape index (κ2) is 5.76. The molecule has 0 radical (unpaired) electrons. The number of hydrogen-bond acceptors (Lipinski definition) is 2. The highest BCUT2D eigenvalue weighted by Gasteiger charge is 2.14. The zero-order valence-corrected chi connectivity index (χ0v) is 13.2. The number of phenols is 1. The molecule has 0 amide bonds. The molecule has 0 saturated heterocycles. The van der Waals surface area contributed by atoms with E-state index in [9.17, 15) is 5.11 Å². The number of aryl methyl sites for hydroxylation is 1. The van der Waals surface area contributed by atoms with E-state index in [1.54, 1.807) is 6.07 Å². The molecule has 0 bridgehead atoms. The van der Waals surface area contributed by atoms with Gasteiger partial charge in [-0.15, -0.1) is 0 Å². The molecule has 0 spiro atoms. The van der Waals surface area contributed by atoms with Crippen LogP contribution in [0.4, 0.5) is 0 Å². The van der Waals surface area contributed by atoms with Crippen molar-refractivity contribution < 1.29 is 9.84 Å². The number of para-hydroxylation sites is 1. The summed E-state index contributed by atoms with van der Waals surface area (Å²) < 4.78 is 8.07. The first-order chi connectivity index (χ1) is 10.6. The fourth-order valence-electron chi connectivity index (χ4n) is 2.88. The van der Waals surface area contributed by atoms with Gasteiger partial charge in [-0.2, -0.15) is 0 Å². The lowest BCUT2D eigenvalue weighted by molar-refractivity contribution is 0.292. The van der Waals surface area contributed by atoms with Crippen molar-refractivity contribution in [3.05, 3.63) is 59.8 Å². The largest absolute Gasteiger partial charge is 0.506 e. The van der Waals surface area contributed by atoms with Gasteiger partial charge in [-0.25, -0.2) is 0 Å². The van der Waals surface area contributed by atoms with Crippen molar-refractivity contribution in [1.82, 2.24) is 4.57 Å². The summed E-state index contributed by atoms with van der Waals surface area (Å²) in [5.41, 5.74) is 3.12. The van der Waals surface area contributed by atoms with E-state index in [0.29, 0.717) is 12.4 Å². The van der Waals surface area contributed by atoms with E-state index < -0.39 is 0 Å². The number of ether oxygens (including phenoxy) is 1. The van der Waals surface area contributed by atoms with E-state index in [2.05, 4.69) is 37.5 Å². The number of benzene rings is 2. The Balaban J connectivity index is 1.96. The summed E-state index contributed by atoms with van der Waals surface area (Å²) >= 11 is 0. The van der Waals surface area contributed by atoms with Gasteiger partial charge in [-0.1, -0.05) is 24.3 Å². The Morgan fingerprint density at radius 2 is 1.86 bits per heavy atom. The van der Waals surface area contributed by atoms with Crippen molar-refractivity contribution in [2.45, 2.75) is 33.4 Å². The summed E-state index contributed by atoms with van der Waals surface area (Å²) in [6, 6.07) is 16.0. The Kier molecular flexibility index (Phi) is 3.80. The van der Waals surface area contributed by atoms with Crippen LogP contribution in [0.25, 0.3) is 10.9 Å². The standard InChI is InChI=1S/C19H21NO2/c1-13(2)20-16(11-15-7-5-9-18(21)19(15)20)12-22-17-8-4-6-14(3)10-17/h4-11,13,21H,12H2,1-3H3. The van der Waals surface area contributed by atoms with Crippen LogP contribution in [-0.4, -0.2) is 9.67 Å². The second-order valence-electron chi connectivity index (χ2n) is 5.92. The summed E-state index contributed by atoms with van der Waals surface area (Å²) in [6.07, 6.45) is 0. The number of fused-ring (bicyclic) bond motifs is 1. The third-order valence-corrected chi connectivity index (χ3v) is 3.81. The molecule has 0 saturated carbocycles. The SMILES string of the molecule is Cc1cccc(OCc2cc3cccc(O)c3n2C(C)C)c1. The van der Waals surface area contributed by atoms with Crippen LogP contribution >= 0.6 is 0 Å². The lowest BCUT2D eigenvalue weighted by atomic mass is 10.2. The molecule has 3 rings (SSSR count). The summed E-state index contributed by atoms with van der Waals surface area (Å²) in [6.45, 7) is 6.76. The van der Waals surface area contributed by atoms with Crippen molar-refractivity contribution >= 4 is 10.9 Å². The van der Waals surface area contributed by atoms with E-state index in [4.69, 9.17) is 4.74 Å². The first-order valence-corrected chi connectivity index (χ1v) is 7.57. The fourth-order valence-corrected chi connectivity index (χ4v) is 2.88. The molecule has 0 aliphatic rings. The fraction of sp³-hybridized carbons (Fsp3) is 0.263. The molecule has 3 nitrogen and oxygen atoms in total. The van der Waals surface area contributed by atoms with Crippen LogP contribution in [-0.2, 0) is 6.61 Å². The average molecular weight is 295 g/mol. The van der Waals surface area contributed by atoms with Crippen LogP contribution < -0.4 is 4.74 Å². The quantitative estimate of drug-likeness (QED) is 0.749. The Morgan fingerprint density at radius 1 is 1.09 bits per heavy atom. The van der Waals surface area contributed by atoms with E-state index >= 15 is 0 Å². The number of rotatable bonds is 4. The first-order valence-electron chi connectivity index (χ1n) is 7.57. The van der Waals surface area contributed by atoms with Crippen molar-refractivity contribution in [2.75, 3.05) is 0 Å². The van der Waals surface area contributed by atoms with Crippen LogP contribution in [0.5, 0.6) is 11.5 Å². The smallest absolute Gasteiger partial charge is 0.139 e. The minimum atomic E-state index is 0.252. The van der Waals surface area contributed by atoms with E-state index in [1.807, 2.05) is 30.3 Å². The van der Waals surface area contributed by atoms with E-state index in [-0.39, 0.29) is 6.04 Å². The van der Waals surface area contributed by atoms with E-state index in [1.165, 1.54) is 5.56 Å². The normalized spacial score (nSPS) is 11.3. The molecule has 3 heteroatoms. The molecule has 1 heterocycles. The van der Waals surface area contributed by atoms with Crippen molar-refractivity contribution in [2.24, 2.45) is 0 Å². The predicted octanol–water partition coefficient (Wildman–Crippen LogP) is 4.82. The molecule has 22 heavy (non-hydrogen) atoms. The van der Waals surface area contributed by atoms with Gasteiger partial charge in [0.15, 0.2) is 0 Å². The first kappa shape index (κ1) is 14.5. The lowest BCUT2D eigenvalue weighted by Gasteiger charge is -2.16. The zero-order chi connectivity index (χ0) is 15.7.